The monoisotopic (exact) mass is 311 g/mol. The van der Waals surface area contributed by atoms with Gasteiger partial charge in [0, 0.05) is 19.5 Å². The molecular formula is C15H22ClN3O2. The Kier molecular flexibility index (Phi) is 7.19. The Bertz CT molecular complexity index is 461. The number of nitrogens with zero attached hydrogens (tertiary/aromatic N) is 1. The van der Waals surface area contributed by atoms with E-state index >= 15 is 0 Å². The fourth-order valence-electron chi connectivity index (χ4n) is 2.46. The lowest BCUT2D eigenvalue weighted by Crippen LogP contribution is -2.50. The van der Waals surface area contributed by atoms with Gasteiger partial charge in [-0.15, -0.1) is 12.4 Å². The van der Waals surface area contributed by atoms with Gasteiger partial charge < -0.3 is 16.0 Å². The molecule has 1 aromatic carbocycles. The van der Waals surface area contributed by atoms with Crippen molar-refractivity contribution in [1.82, 2.24) is 10.2 Å². The minimum Gasteiger partial charge on any atom is -0.343 e. The zero-order valence-corrected chi connectivity index (χ0v) is 12.8. The maximum absolute atomic E-state index is 12.5. The van der Waals surface area contributed by atoms with Crippen molar-refractivity contribution in [2.24, 2.45) is 5.73 Å². The molecule has 1 fully saturated rings. The van der Waals surface area contributed by atoms with Gasteiger partial charge in [0.15, 0.2) is 0 Å². The number of nitrogens with one attached hydrogen (secondary N) is 1. The molecule has 1 atom stereocenters. The van der Waals surface area contributed by atoms with Gasteiger partial charge in [-0.1, -0.05) is 30.3 Å². The summed E-state index contributed by atoms with van der Waals surface area (Å²) in [5.74, 6) is -0.299. The maximum Gasteiger partial charge on any atom is 0.245 e. The number of rotatable bonds is 5. The van der Waals surface area contributed by atoms with E-state index in [1.54, 1.807) is 0 Å². The molecule has 5 nitrogen and oxygen atoms in total. The molecule has 1 heterocycles. The van der Waals surface area contributed by atoms with Crippen LogP contribution >= 0.6 is 12.4 Å². The van der Waals surface area contributed by atoms with Crippen LogP contribution in [0, 0.1) is 0 Å². The summed E-state index contributed by atoms with van der Waals surface area (Å²) >= 11 is 0. The highest BCUT2D eigenvalue weighted by molar-refractivity contribution is 5.88. The van der Waals surface area contributed by atoms with Crippen molar-refractivity contribution in [3.8, 4) is 0 Å². The summed E-state index contributed by atoms with van der Waals surface area (Å²) in [4.78, 5) is 25.8. The third-order valence-electron chi connectivity index (χ3n) is 3.52. The Morgan fingerprint density at radius 1 is 1.19 bits per heavy atom. The Balaban J connectivity index is 0.00000220. The predicted molar refractivity (Wildman–Crippen MR) is 84.2 cm³/mol. The van der Waals surface area contributed by atoms with E-state index in [1.807, 2.05) is 35.2 Å². The standard InChI is InChI=1S/C15H21N3O2.ClH/c16-11-14(19)17-13(10-12-6-2-1-3-7-12)15(20)18-8-4-5-9-18;/h1-3,6-7,13H,4-5,8-11,16H2,(H,17,19);1H. The molecule has 1 saturated heterocycles. The van der Waals surface area contributed by atoms with Crippen LogP contribution in [-0.4, -0.2) is 42.4 Å². The number of likely N-dealkylation sites (tertiary alicyclic amines) is 1. The van der Waals surface area contributed by atoms with Crippen LogP contribution in [0.25, 0.3) is 0 Å². The molecule has 1 aliphatic rings. The van der Waals surface area contributed by atoms with Crippen LogP contribution < -0.4 is 11.1 Å². The fourth-order valence-corrected chi connectivity index (χ4v) is 2.46. The van der Waals surface area contributed by atoms with E-state index in [4.69, 9.17) is 5.73 Å². The molecule has 2 rings (SSSR count). The minimum absolute atomic E-state index is 0. The number of carbonyl (C=O) groups is 2. The zero-order valence-electron chi connectivity index (χ0n) is 12.0. The van der Waals surface area contributed by atoms with Gasteiger partial charge in [-0.2, -0.15) is 0 Å². The van der Waals surface area contributed by atoms with E-state index in [1.165, 1.54) is 0 Å². The average molecular weight is 312 g/mol. The Labute approximate surface area is 131 Å². The quantitative estimate of drug-likeness (QED) is 0.841. The summed E-state index contributed by atoms with van der Waals surface area (Å²) in [6, 6.07) is 9.18. The van der Waals surface area contributed by atoms with Gasteiger partial charge >= 0.3 is 0 Å². The van der Waals surface area contributed by atoms with Crippen LogP contribution in [0.2, 0.25) is 0 Å². The largest absolute Gasteiger partial charge is 0.343 e. The molecule has 0 aliphatic carbocycles. The SMILES string of the molecule is Cl.NCC(=O)NC(Cc1ccccc1)C(=O)N1CCCC1. The topological polar surface area (TPSA) is 75.4 Å². The highest BCUT2D eigenvalue weighted by Gasteiger charge is 2.27. The predicted octanol–water partition coefficient (Wildman–Crippen LogP) is 0.717. The molecule has 1 aliphatic heterocycles. The number of nitrogens with two attached hydrogens (primary N) is 1. The molecule has 0 bridgehead atoms. The normalized spacial score (nSPS) is 15.2. The molecule has 116 valence electrons. The molecule has 2 amide bonds. The molecule has 6 heteroatoms. The summed E-state index contributed by atoms with van der Waals surface area (Å²) in [7, 11) is 0. The number of hydrogen-bond donors (Lipinski definition) is 2. The molecule has 3 N–H and O–H groups in total. The first-order valence-electron chi connectivity index (χ1n) is 7.03. The van der Waals surface area contributed by atoms with Crippen LogP contribution in [0.5, 0.6) is 0 Å². The first kappa shape index (κ1) is 17.5. The van der Waals surface area contributed by atoms with E-state index < -0.39 is 6.04 Å². The molecular weight excluding hydrogens is 290 g/mol. The van der Waals surface area contributed by atoms with Crippen LogP contribution in [0.1, 0.15) is 18.4 Å². The van der Waals surface area contributed by atoms with Gasteiger partial charge in [-0.25, -0.2) is 0 Å². The van der Waals surface area contributed by atoms with Gasteiger partial charge in [0.25, 0.3) is 0 Å². The van der Waals surface area contributed by atoms with Gasteiger partial charge in [0.05, 0.1) is 6.54 Å². The highest BCUT2D eigenvalue weighted by Crippen LogP contribution is 2.12. The smallest absolute Gasteiger partial charge is 0.245 e. The van der Waals surface area contributed by atoms with Crippen molar-refractivity contribution in [2.45, 2.75) is 25.3 Å². The molecule has 21 heavy (non-hydrogen) atoms. The summed E-state index contributed by atoms with van der Waals surface area (Å²) < 4.78 is 0. The minimum atomic E-state index is -0.522. The number of carbonyl (C=O) groups excluding carboxylic acids is 2. The van der Waals surface area contributed by atoms with E-state index in [-0.39, 0.29) is 30.8 Å². The third kappa shape index (κ3) is 5.02. The molecule has 0 saturated carbocycles. The summed E-state index contributed by atoms with van der Waals surface area (Å²) in [5.41, 5.74) is 6.36. The maximum atomic E-state index is 12.5. The van der Waals surface area contributed by atoms with E-state index in [0.29, 0.717) is 6.42 Å². The zero-order chi connectivity index (χ0) is 14.4. The fraction of sp³-hybridized carbons (Fsp3) is 0.467. The second-order valence-corrected chi connectivity index (χ2v) is 5.05. The van der Waals surface area contributed by atoms with Gasteiger partial charge in [-0.3, -0.25) is 9.59 Å². The molecule has 1 unspecified atom stereocenters. The summed E-state index contributed by atoms with van der Waals surface area (Å²) in [6.45, 7) is 1.46. The first-order chi connectivity index (χ1) is 9.70. The Hall–Kier alpha value is -1.59. The van der Waals surface area contributed by atoms with Crippen LogP contribution in [0.15, 0.2) is 30.3 Å². The molecule has 0 spiro atoms. The lowest BCUT2D eigenvalue weighted by Gasteiger charge is -2.24. The van der Waals surface area contributed by atoms with Crippen molar-refractivity contribution in [3.63, 3.8) is 0 Å². The molecule has 1 aromatic rings. The van der Waals surface area contributed by atoms with Crippen LogP contribution in [0.4, 0.5) is 0 Å². The van der Waals surface area contributed by atoms with Crippen molar-refractivity contribution in [2.75, 3.05) is 19.6 Å². The Morgan fingerprint density at radius 3 is 2.38 bits per heavy atom. The number of hydrogen-bond acceptors (Lipinski definition) is 3. The average Bonchev–Trinajstić information content (AvgIpc) is 3.01. The Morgan fingerprint density at radius 2 is 1.81 bits per heavy atom. The number of benzene rings is 1. The van der Waals surface area contributed by atoms with E-state index in [9.17, 15) is 9.59 Å². The molecule has 0 radical (unpaired) electrons. The number of halogens is 1. The van der Waals surface area contributed by atoms with Gasteiger partial charge in [0.1, 0.15) is 6.04 Å². The van der Waals surface area contributed by atoms with Crippen molar-refractivity contribution >= 4 is 24.2 Å². The summed E-state index contributed by atoms with van der Waals surface area (Å²) in [6.07, 6.45) is 2.57. The van der Waals surface area contributed by atoms with Crippen molar-refractivity contribution in [3.05, 3.63) is 35.9 Å². The lowest BCUT2D eigenvalue weighted by atomic mass is 10.0. The van der Waals surface area contributed by atoms with Crippen molar-refractivity contribution < 1.29 is 9.59 Å². The highest BCUT2D eigenvalue weighted by atomic mass is 35.5. The molecule has 0 aromatic heterocycles. The van der Waals surface area contributed by atoms with Gasteiger partial charge in [0.2, 0.25) is 11.8 Å². The van der Waals surface area contributed by atoms with Crippen LogP contribution in [0.3, 0.4) is 0 Å². The second kappa shape index (κ2) is 8.64. The van der Waals surface area contributed by atoms with Crippen LogP contribution in [-0.2, 0) is 16.0 Å². The second-order valence-electron chi connectivity index (χ2n) is 5.05. The number of amides is 2. The van der Waals surface area contributed by atoms with E-state index in [2.05, 4.69) is 5.32 Å². The summed E-state index contributed by atoms with van der Waals surface area (Å²) in [5, 5.41) is 2.74. The van der Waals surface area contributed by atoms with Crippen molar-refractivity contribution in [1.29, 1.82) is 0 Å². The van der Waals surface area contributed by atoms with Gasteiger partial charge in [-0.05, 0) is 18.4 Å². The third-order valence-corrected chi connectivity index (χ3v) is 3.52. The van der Waals surface area contributed by atoms with E-state index in [0.717, 1.165) is 31.5 Å². The lowest BCUT2D eigenvalue weighted by molar-refractivity contribution is -0.135. The first-order valence-corrected chi connectivity index (χ1v) is 7.03.